The van der Waals surface area contributed by atoms with E-state index in [1.165, 1.54) is 25.3 Å². The van der Waals surface area contributed by atoms with Crippen LogP contribution in [0, 0.1) is 10.1 Å². The number of amides is 1. The van der Waals surface area contributed by atoms with Gasteiger partial charge in [0, 0.05) is 27.4 Å². The molecule has 150 valence electrons. The molecular weight excluding hydrogens is 454 g/mol. The van der Waals surface area contributed by atoms with Crippen LogP contribution < -0.4 is 10.1 Å². The summed E-state index contributed by atoms with van der Waals surface area (Å²) in [6.45, 7) is 0. The molecule has 1 aromatic heterocycles. The molecule has 0 spiro atoms. The first-order valence-electron chi connectivity index (χ1n) is 8.75. The number of hydrogen-bond acceptors (Lipinski definition) is 6. The third kappa shape index (κ3) is 3.87. The fourth-order valence-corrected chi connectivity index (χ4v) is 3.16. The van der Waals surface area contributed by atoms with Crippen molar-refractivity contribution in [1.29, 1.82) is 0 Å². The molecule has 8 nitrogen and oxygen atoms in total. The Bertz CT molecular complexity index is 1270. The zero-order chi connectivity index (χ0) is 21.3. The standard InChI is InChI=1S/C21H14BrN3O5/c1-29-19-8-4-13(10-17(19)25(27)28)20(26)23-15-7-9-18-16(11-15)24-21(30-18)12-2-5-14(22)6-3-12/h2-11H,1H3,(H,23,26). The van der Waals surface area contributed by atoms with Crippen molar-refractivity contribution in [3.8, 4) is 17.2 Å². The molecule has 0 bridgehead atoms. The monoisotopic (exact) mass is 467 g/mol. The van der Waals surface area contributed by atoms with Crippen molar-refractivity contribution < 1.29 is 18.9 Å². The van der Waals surface area contributed by atoms with Gasteiger partial charge in [0.1, 0.15) is 5.52 Å². The van der Waals surface area contributed by atoms with Crippen LogP contribution in [0.5, 0.6) is 5.75 Å². The summed E-state index contributed by atoms with van der Waals surface area (Å²) in [7, 11) is 1.33. The number of halogens is 1. The van der Waals surface area contributed by atoms with Gasteiger partial charge in [-0.25, -0.2) is 4.98 Å². The van der Waals surface area contributed by atoms with Gasteiger partial charge < -0.3 is 14.5 Å². The molecule has 9 heteroatoms. The van der Waals surface area contributed by atoms with E-state index in [1.54, 1.807) is 18.2 Å². The number of aromatic nitrogens is 1. The maximum absolute atomic E-state index is 12.6. The van der Waals surface area contributed by atoms with E-state index in [1.807, 2.05) is 24.3 Å². The highest BCUT2D eigenvalue weighted by atomic mass is 79.9. The third-order valence-corrected chi connectivity index (χ3v) is 4.90. The number of nitrogens with zero attached hydrogens (tertiary/aromatic N) is 2. The van der Waals surface area contributed by atoms with Crippen molar-refractivity contribution in [2.45, 2.75) is 0 Å². The Balaban J connectivity index is 1.59. The summed E-state index contributed by atoms with van der Waals surface area (Å²) in [5.41, 5.74) is 2.32. The van der Waals surface area contributed by atoms with Crippen molar-refractivity contribution in [2.24, 2.45) is 0 Å². The van der Waals surface area contributed by atoms with Gasteiger partial charge in [-0.15, -0.1) is 0 Å². The summed E-state index contributed by atoms with van der Waals surface area (Å²) in [6.07, 6.45) is 0. The van der Waals surface area contributed by atoms with E-state index in [0.717, 1.165) is 10.0 Å². The predicted molar refractivity (Wildman–Crippen MR) is 115 cm³/mol. The average Bonchev–Trinajstić information content (AvgIpc) is 3.17. The van der Waals surface area contributed by atoms with Crippen LogP contribution >= 0.6 is 15.9 Å². The van der Waals surface area contributed by atoms with Crippen LogP contribution in [0.1, 0.15) is 10.4 Å². The number of ether oxygens (including phenoxy) is 1. The third-order valence-electron chi connectivity index (χ3n) is 4.37. The first kappa shape index (κ1) is 19.6. The minimum absolute atomic E-state index is 0.0843. The summed E-state index contributed by atoms with van der Waals surface area (Å²) >= 11 is 3.39. The molecule has 1 heterocycles. The number of rotatable bonds is 5. The average molecular weight is 468 g/mol. The maximum atomic E-state index is 12.6. The molecule has 0 aliphatic heterocycles. The zero-order valence-electron chi connectivity index (χ0n) is 15.6. The lowest BCUT2D eigenvalue weighted by molar-refractivity contribution is -0.385. The van der Waals surface area contributed by atoms with E-state index < -0.39 is 10.8 Å². The van der Waals surface area contributed by atoms with Crippen LogP contribution in [-0.2, 0) is 0 Å². The molecule has 4 aromatic rings. The van der Waals surface area contributed by atoms with Crippen molar-refractivity contribution in [2.75, 3.05) is 12.4 Å². The van der Waals surface area contributed by atoms with E-state index >= 15 is 0 Å². The highest BCUT2D eigenvalue weighted by molar-refractivity contribution is 9.10. The Morgan fingerprint density at radius 3 is 2.60 bits per heavy atom. The number of hydrogen-bond donors (Lipinski definition) is 1. The second-order valence-electron chi connectivity index (χ2n) is 6.31. The molecule has 0 saturated carbocycles. The van der Waals surface area contributed by atoms with Gasteiger partial charge in [-0.3, -0.25) is 14.9 Å². The summed E-state index contributed by atoms with van der Waals surface area (Å²) in [4.78, 5) is 27.6. The number of benzene rings is 3. The van der Waals surface area contributed by atoms with Crippen molar-refractivity contribution in [3.05, 3.63) is 80.8 Å². The minimum Gasteiger partial charge on any atom is -0.490 e. The van der Waals surface area contributed by atoms with Crippen LogP contribution in [0.15, 0.2) is 69.6 Å². The highest BCUT2D eigenvalue weighted by Crippen LogP contribution is 2.29. The van der Waals surface area contributed by atoms with Gasteiger partial charge in [-0.2, -0.15) is 0 Å². The van der Waals surface area contributed by atoms with Gasteiger partial charge in [-0.05, 0) is 54.6 Å². The van der Waals surface area contributed by atoms with Gasteiger partial charge in [0.2, 0.25) is 5.89 Å². The van der Waals surface area contributed by atoms with Gasteiger partial charge in [0.05, 0.1) is 12.0 Å². The van der Waals surface area contributed by atoms with Crippen LogP contribution in [0.4, 0.5) is 11.4 Å². The number of nitro benzene ring substituents is 1. The molecule has 0 fully saturated rings. The van der Waals surface area contributed by atoms with Crippen LogP contribution in [-0.4, -0.2) is 22.9 Å². The first-order chi connectivity index (χ1) is 14.4. The number of carbonyl (C=O) groups is 1. The largest absolute Gasteiger partial charge is 0.490 e. The van der Waals surface area contributed by atoms with Crippen molar-refractivity contribution in [3.63, 3.8) is 0 Å². The Kier molecular flexibility index (Phi) is 5.20. The first-order valence-corrected chi connectivity index (χ1v) is 9.54. The molecular formula is C21H14BrN3O5. The number of nitrogens with one attached hydrogen (secondary N) is 1. The summed E-state index contributed by atoms with van der Waals surface area (Å²) in [5.74, 6) is 0.0597. The molecule has 1 N–H and O–H groups in total. The minimum atomic E-state index is -0.597. The fourth-order valence-electron chi connectivity index (χ4n) is 2.90. The summed E-state index contributed by atoms with van der Waals surface area (Å²) in [5, 5.41) is 13.9. The van der Waals surface area contributed by atoms with Crippen LogP contribution in [0.25, 0.3) is 22.6 Å². The molecule has 4 rings (SSSR count). The number of anilines is 1. The Morgan fingerprint density at radius 2 is 1.90 bits per heavy atom. The normalized spacial score (nSPS) is 10.7. The molecule has 1 amide bonds. The smallest absolute Gasteiger partial charge is 0.311 e. The topological polar surface area (TPSA) is 108 Å². The van der Waals surface area contributed by atoms with Gasteiger partial charge in [0.25, 0.3) is 5.91 Å². The molecule has 3 aromatic carbocycles. The lowest BCUT2D eigenvalue weighted by atomic mass is 10.1. The fraction of sp³-hybridized carbons (Fsp3) is 0.0476. The second-order valence-corrected chi connectivity index (χ2v) is 7.22. The summed E-state index contributed by atoms with van der Waals surface area (Å²) in [6, 6.07) is 16.6. The number of methoxy groups -OCH3 is 1. The van der Waals surface area contributed by atoms with E-state index in [0.29, 0.717) is 22.7 Å². The molecule has 30 heavy (non-hydrogen) atoms. The van der Waals surface area contributed by atoms with E-state index in [9.17, 15) is 14.9 Å². The van der Waals surface area contributed by atoms with Crippen LogP contribution in [0.3, 0.4) is 0 Å². The molecule has 0 saturated heterocycles. The number of oxazole rings is 1. The van der Waals surface area contributed by atoms with E-state index in [2.05, 4.69) is 26.2 Å². The van der Waals surface area contributed by atoms with E-state index in [4.69, 9.17) is 9.15 Å². The maximum Gasteiger partial charge on any atom is 0.311 e. The number of carbonyl (C=O) groups excluding carboxylic acids is 1. The molecule has 0 aliphatic carbocycles. The Labute approximate surface area is 178 Å². The quantitative estimate of drug-likeness (QED) is 0.309. The molecule has 0 atom stereocenters. The lowest BCUT2D eigenvalue weighted by Crippen LogP contribution is -2.12. The zero-order valence-corrected chi connectivity index (χ0v) is 17.2. The van der Waals surface area contributed by atoms with Gasteiger partial charge >= 0.3 is 5.69 Å². The molecule has 0 aliphatic rings. The lowest BCUT2D eigenvalue weighted by Gasteiger charge is -2.06. The number of fused-ring (bicyclic) bond motifs is 1. The second kappa shape index (κ2) is 7.96. The Morgan fingerprint density at radius 1 is 1.13 bits per heavy atom. The van der Waals surface area contributed by atoms with Crippen LogP contribution in [0.2, 0.25) is 0 Å². The van der Waals surface area contributed by atoms with Gasteiger partial charge in [0.15, 0.2) is 11.3 Å². The highest BCUT2D eigenvalue weighted by Gasteiger charge is 2.18. The van der Waals surface area contributed by atoms with Crippen molar-refractivity contribution >= 4 is 44.3 Å². The van der Waals surface area contributed by atoms with Crippen molar-refractivity contribution in [1.82, 2.24) is 4.98 Å². The molecule has 0 radical (unpaired) electrons. The van der Waals surface area contributed by atoms with Gasteiger partial charge in [-0.1, -0.05) is 15.9 Å². The number of nitro groups is 1. The predicted octanol–water partition coefficient (Wildman–Crippen LogP) is 5.43. The summed E-state index contributed by atoms with van der Waals surface area (Å²) < 4.78 is 11.7. The molecule has 0 unspecified atom stereocenters. The van der Waals surface area contributed by atoms with E-state index in [-0.39, 0.29) is 17.0 Å². The SMILES string of the molecule is COc1ccc(C(=O)Nc2ccc3oc(-c4ccc(Br)cc4)nc3c2)cc1[N+](=O)[O-]. The Hall–Kier alpha value is -3.72.